The van der Waals surface area contributed by atoms with Crippen molar-refractivity contribution in [1.82, 2.24) is 4.90 Å². The molecule has 1 N–H and O–H groups in total. The third kappa shape index (κ3) is 5.91. The number of anilines is 2. The Morgan fingerprint density at radius 3 is 2.41 bits per heavy atom. The summed E-state index contributed by atoms with van der Waals surface area (Å²) in [6.07, 6.45) is 1.63. The summed E-state index contributed by atoms with van der Waals surface area (Å²) in [4.78, 5) is 41.1. The molecular formula is C25H29N3O5S. The fourth-order valence-electron chi connectivity index (χ4n) is 3.53. The molecule has 2 aromatic rings. The average molecular weight is 484 g/mol. The van der Waals surface area contributed by atoms with Crippen LogP contribution in [-0.4, -0.2) is 55.3 Å². The molecule has 9 heteroatoms. The van der Waals surface area contributed by atoms with Crippen molar-refractivity contribution >= 4 is 46.3 Å². The van der Waals surface area contributed by atoms with Crippen LogP contribution in [0.4, 0.5) is 16.2 Å². The number of amides is 3. The van der Waals surface area contributed by atoms with E-state index in [4.69, 9.17) is 9.47 Å². The molecule has 0 unspecified atom stereocenters. The second-order valence-electron chi connectivity index (χ2n) is 7.37. The second kappa shape index (κ2) is 11.6. The quantitative estimate of drug-likeness (QED) is 0.494. The maximum absolute atomic E-state index is 12.9. The van der Waals surface area contributed by atoms with Gasteiger partial charge >= 0.3 is 0 Å². The van der Waals surface area contributed by atoms with Gasteiger partial charge in [-0.3, -0.25) is 19.3 Å². The third-order valence-corrected chi connectivity index (χ3v) is 6.16. The molecule has 8 nitrogen and oxygen atoms in total. The van der Waals surface area contributed by atoms with E-state index in [1.54, 1.807) is 37.5 Å². The fourth-order valence-corrected chi connectivity index (χ4v) is 4.36. The van der Waals surface area contributed by atoms with E-state index in [9.17, 15) is 14.4 Å². The Balaban J connectivity index is 1.70. The Hall–Kier alpha value is -3.46. The van der Waals surface area contributed by atoms with Gasteiger partial charge in [0, 0.05) is 36.1 Å². The van der Waals surface area contributed by atoms with Gasteiger partial charge in [-0.2, -0.15) is 0 Å². The van der Waals surface area contributed by atoms with Crippen molar-refractivity contribution in [2.75, 3.05) is 43.6 Å². The zero-order valence-corrected chi connectivity index (χ0v) is 20.6. The first kappa shape index (κ1) is 25.2. The van der Waals surface area contributed by atoms with Crippen LogP contribution in [0.1, 0.15) is 26.3 Å². The predicted molar refractivity (Wildman–Crippen MR) is 135 cm³/mol. The van der Waals surface area contributed by atoms with Gasteiger partial charge in [-0.25, -0.2) is 0 Å². The average Bonchev–Trinajstić information content (AvgIpc) is 3.09. The van der Waals surface area contributed by atoms with Crippen LogP contribution in [0.25, 0.3) is 6.08 Å². The van der Waals surface area contributed by atoms with Gasteiger partial charge in [-0.1, -0.05) is 0 Å². The molecule has 3 rings (SSSR count). The highest BCUT2D eigenvalue weighted by Crippen LogP contribution is 2.35. The van der Waals surface area contributed by atoms with Crippen LogP contribution in [0.15, 0.2) is 47.4 Å². The zero-order chi connectivity index (χ0) is 24.7. The number of nitrogens with zero attached hydrogens (tertiary/aromatic N) is 2. The SMILES string of the molecule is CCOc1ccc(NC(=O)CN2C(=O)S/C(=C/c3ccc(N(CC)CC)cc3OC)C2=O)cc1. The van der Waals surface area contributed by atoms with Crippen molar-refractivity contribution in [3.8, 4) is 11.5 Å². The number of rotatable bonds is 10. The van der Waals surface area contributed by atoms with Crippen molar-refractivity contribution in [1.29, 1.82) is 0 Å². The van der Waals surface area contributed by atoms with E-state index in [-0.39, 0.29) is 11.4 Å². The van der Waals surface area contributed by atoms with Crippen LogP contribution in [0.5, 0.6) is 11.5 Å². The Labute approximate surface area is 203 Å². The minimum Gasteiger partial charge on any atom is -0.496 e. The molecule has 180 valence electrons. The monoisotopic (exact) mass is 483 g/mol. The van der Waals surface area contributed by atoms with Crippen LogP contribution in [-0.2, 0) is 9.59 Å². The van der Waals surface area contributed by atoms with Crippen LogP contribution in [0, 0.1) is 0 Å². The van der Waals surface area contributed by atoms with Crippen molar-refractivity contribution in [3.05, 3.63) is 52.9 Å². The van der Waals surface area contributed by atoms with E-state index in [1.807, 2.05) is 25.1 Å². The highest BCUT2D eigenvalue weighted by molar-refractivity contribution is 8.18. The minimum atomic E-state index is -0.508. The van der Waals surface area contributed by atoms with Gasteiger partial charge in [0.05, 0.1) is 18.6 Å². The van der Waals surface area contributed by atoms with Gasteiger partial charge in [0.15, 0.2) is 0 Å². The largest absolute Gasteiger partial charge is 0.496 e. The van der Waals surface area contributed by atoms with Crippen molar-refractivity contribution in [2.24, 2.45) is 0 Å². The van der Waals surface area contributed by atoms with Crippen molar-refractivity contribution < 1.29 is 23.9 Å². The lowest BCUT2D eigenvalue weighted by Gasteiger charge is -2.22. The van der Waals surface area contributed by atoms with Gasteiger partial charge in [0.1, 0.15) is 18.0 Å². The molecule has 3 amide bonds. The first-order chi connectivity index (χ1) is 16.4. The van der Waals surface area contributed by atoms with Crippen LogP contribution in [0.2, 0.25) is 0 Å². The second-order valence-corrected chi connectivity index (χ2v) is 8.37. The van der Waals surface area contributed by atoms with Gasteiger partial charge in [0.2, 0.25) is 5.91 Å². The number of thioether (sulfide) groups is 1. The highest BCUT2D eigenvalue weighted by Gasteiger charge is 2.36. The molecule has 1 aliphatic rings. The van der Waals surface area contributed by atoms with E-state index in [1.165, 1.54) is 0 Å². The summed E-state index contributed by atoms with van der Waals surface area (Å²) in [5.41, 5.74) is 2.25. The van der Waals surface area contributed by atoms with E-state index in [0.29, 0.717) is 29.4 Å². The summed E-state index contributed by atoms with van der Waals surface area (Å²) in [5, 5.41) is 2.21. The topological polar surface area (TPSA) is 88.2 Å². The molecule has 0 saturated carbocycles. The summed E-state index contributed by atoms with van der Waals surface area (Å²) in [7, 11) is 1.57. The van der Waals surface area contributed by atoms with Crippen LogP contribution in [0.3, 0.4) is 0 Å². The summed E-state index contributed by atoms with van der Waals surface area (Å²) >= 11 is 0.807. The number of nitrogens with one attached hydrogen (secondary N) is 1. The summed E-state index contributed by atoms with van der Waals surface area (Å²) in [6, 6.07) is 12.6. The highest BCUT2D eigenvalue weighted by atomic mass is 32.2. The first-order valence-corrected chi connectivity index (χ1v) is 11.9. The Morgan fingerprint density at radius 1 is 1.09 bits per heavy atom. The Morgan fingerprint density at radius 2 is 1.79 bits per heavy atom. The maximum atomic E-state index is 12.9. The number of benzene rings is 2. The summed E-state index contributed by atoms with van der Waals surface area (Å²) in [6.45, 7) is 7.93. The molecular weight excluding hydrogens is 454 g/mol. The summed E-state index contributed by atoms with van der Waals surface area (Å²) < 4.78 is 10.9. The Kier molecular flexibility index (Phi) is 8.59. The van der Waals surface area contributed by atoms with Gasteiger partial charge < -0.3 is 19.7 Å². The number of carbonyl (C=O) groups is 3. The molecule has 34 heavy (non-hydrogen) atoms. The molecule has 0 aromatic heterocycles. The molecule has 0 spiro atoms. The number of imide groups is 1. The predicted octanol–water partition coefficient (Wildman–Crippen LogP) is 4.62. The molecule has 0 bridgehead atoms. The van der Waals surface area contributed by atoms with Crippen molar-refractivity contribution in [3.63, 3.8) is 0 Å². The van der Waals surface area contributed by atoms with E-state index in [0.717, 1.165) is 35.4 Å². The molecule has 1 aliphatic heterocycles. The number of ether oxygens (including phenoxy) is 2. The molecule has 0 radical (unpaired) electrons. The first-order valence-electron chi connectivity index (χ1n) is 11.1. The van der Waals surface area contributed by atoms with Gasteiger partial charge in [0.25, 0.3) is 11.1 Å². The normalized spacial score (nSPS) is 14.5. The lowest BCUT2D eigenvalue weighted by Crippen LogP contribution is -2.36. The number of carbonyl (C=O) groups excluding carboxylic acids is 3. The molecule has 1 fully saturated rings. The van der Waals surface area contributed by atoms with Crippen LogP contribution < -0.4 is 19.7 Å². The zero-order valence-electron chi connectivity index (χ0n) is 19.8. The molecule has 0 atom stereocenters. The summed E-state index contributed by atoms with van der Waals surface area (Å²) in [5.74, 6) is 0.321. The van der Waals surface area contributed by atoms with E-state index in [2.05, 4.69) is 24.1 Å². The van der Waals surface area contributed by atoms with Crippen LogP contribution >= 0.6 is 11.8 Å². The van der Waals surface area contributed by atoms with Crippen molar-refractivity contribution in [2.45, 2.75) is 20.8 Å². The molecule has 2 aromatic carbocycles. The Bertz CT molecular complexity index is 1080. The number of methoxy groups -OCH3 is 1. The number of hydrogen-bond acceptors (Lipinski definition) is 7. The fraction of sp³-hybridized carbons (Fsp3) is 0.320. The standard InChI is InChI=1S/C25H29N3O5S/c1-5-27(6-2)19-11-8-17(21(15-19)32-4)14-22-24(30)28(25(31)34-22)16-23(29)26-18-9-12-20(13-10-18)33-7-3/h8-15H,5-7,16H2,1-4H3,(H,26,29)/b22-14+. The molecule has 1 heterocycles. The van der Waals surface area contributed by atoms with E-state index < -0.39 is 17.1 Å². The molecule has 1 saturated heterocycles. The lowest BCUT2D eigenvalue weighted by molar-refractivity contribution is -0.127. The van der Waals surface area contributed by atoms with E-state index >= 15 is 0 Å². The lowest BCUT2D eigenvalue weighted by atomic mass is 10.1. The smallest absolute Gasteiger partial charge is 0.294 e. The van der Waals surface area contributed by atoms with Gasteiger partial charge in [-0.05, 0) is 75.0 Å². The number of hydrogen-bond donors (Lipinski definition) is 1. The maximum Gasteiger partial charge on any atom is 0.294 e. The van der Waals surface area contributed by atoms with Gasteiger partial charge in [-0.15, -0.1) is 0 Å². The minimum absolute atomic E-state index is 0.243. The third-order valence-electron chi connectivity index (χ3n) is 5.26. The molecule has 0 aliphatic carbocycles.